The van der Waals surface area contributed by atoms with Crippen LogP contribution in [0.4, 0.5) is 0 Å². The molecule has 0 radical (unpaired) electrons. The van der Waals surface area contributed by atoms with E-state index < -0.39 is 11.4 Å². The van der Waals surface area contributed by atoms with Gasteiger partial charge in [-0.25, -0.2) is 4.98 Å². The Bertz CT molecular complexity index is 636. The van der Waals surface area contributed by atoms with Gasteiger partial charge in [0.1, 0.15) is 11.8 Å². The molecule has 1 aliphatic heterocycles. The fraction of sp³-hybridized carbons (Fsp3) is 0.467. The minimum atomic E-state index is -0.907. The second kappa shape index (κ2) is 5.52. The Morgan fingerprint density at radius 1 is 1.48 bits per heavy atom. The Morgan fingerprint density at radius 2 is 2.19 bits per heavy atom. The van der Waals surface area contributed by atoms with Crippen LogP contribution in [0.1, 0.15) is 41.5 Å². The molecular weight excluding hydrogens is 270 g/mol. The lowest BCUT2D eigenvalue weighted by atomic mass is 9.82. The number of carbonyl (C=O) groups is 2. The van der Waals surface area contributed by atoms with E-state index in [4.69, 9.17) is 5.26 Å². The molecule has 0 bridgehead atoms. The molecule has 0 saturated carbocycles. The van der Waals surface area contributed by atoms with E-state index in [9.17, 15) is 14.7 Å². The number of aliphatic carboxylic acids is 1. The van der Waals surface area contributed by atoms with Gasteiger partial charge >= 0.3 is 5.97 Å². The van der Waals surface area contributed by atoms with Gasteiger partial charge in [-0.05, 0) is 38.8 Å². The molecule has 1 aromatic heterocycles. The molecule has 1 amide bonds. The minimum absolute atomic E-state index is 0.182. The summed E-state index contributed by atoms with van der Waals surface area (Å²) in [5, 5.41) is 18.2. The molecule has 6 nitrogen and oxygen atoms in total. The van der Waals surface area contributed by atoms with Crippen LogP contribution in [0, 0.1) is 23.7 Å². The second-order valence-corrected chi connectivity index (χ2v) is 5.64. The topological polar surface area (TPSA) is 94.3 Å². The first-order valence-corrected chi connectivity index (χ1v) is 6.78. The van der Waals surface area contributed by atoms with E-state index in [1.807, 2.05) is 6.07 Å². The summed E-state index contributed by atoms with van der Waals surface area (Å²) in [6.07, 6.45) is 1.22. The van der Waals surface area contributed by atoms with Crippen LogP contribution in [0.25, 0.3) is 0 Å². The highest BCUT2D eigenvalue weighted by Gasteiger charge is 2.39. The van der Waals surface area contributed by atoms with Gasteiger partial charge in [0.25, 0.3) is 5.91 Å². The number of piperidine rings is 1. The number of pyridine rings is 1. The number of hydrogen-bond donors (Lipinski definition) is 1. The molecule has 0 spiro atoms. The third-order valence-corrected chi connectivity index (χ3v) is 3.93. The summed E-state index contributed by atoms with van der Waals surface area (Å²) in [6.45, 7) is 4.05. The largest absolute Gasteiger partial charge is 0.481 e. The molecule has 6 heteroatoms. The maximum atomic E-state index is 12.4. The number of carboxylic acid groups (broad SMARTS) is 1. The number of nitriles is 1. The number of carbonyl (C=O) groups excluding carboxylic acids is 1. The van der Waals surface area contributed by atoms with Crippen molar-refractivity contribution in [1.82, 2.24) is 9.88 Å². The van der Waals surface area contributed by atoms with Crippen LogP contribution in [0.5, 0.6) is 0 Å². The Kier molecular flexibility index (Phi) is 3.94. The summed E-state index contributed by atoms with van der Waals surface area (Å²) in [5.41, 5.74) is 0.276. The van der Waals surface area contributed by atoms with Crippen molar-refractivity contribution in [2.24, 2.45) is 5.41 Å². The van der Waals surface area contributed by atoms with Crippen LogP contribution < -0.4 is 0 Å². The van der Waals surface area contributed by atoms with Gasteiger partial charge in [0, 0.05) is 13.1 Å². The van der Waals surface area contributed by atoms with E-state index in [0.29, 0.717) is 30.6 Å². The van der Waals surface area contributed by atoms with E-state index >= 15 is 0 Å². The Balaban J connectivity index is 2.22. The third kappa shape index (κ3) is 2.87. The molecule has 0 aromatic carbocycles. The first-order chi connectivity index (χ1) is 9.87. The lowest BCUT2D eigenvalue weighted by Gasteiger charge is -2.37. The van der Waals surface area contributed by atoms with E-state index in [0.717, 1.165) is 0 Å². The van der Waals surface area contributed by atoms with E-state index in [1.54, 1.807) is 19.9 Å². The number of hydrogen-bond acceptors (Lipinski definition) is 4. The van der Waals surface area contributed by atoms with Gasteiger partial charge in [-0.1, -0.05) is 0 Å². The third-order valence-electron chi connectivity index (χ3n) is 3.93. The van der Waals surface area contributed by atoms with Crippen LogP contribution in [-0.4, -0.2) is 40.0 Å². The zero-order valence-electron chi connectivity index (χ0n) is 12.1. The number of carboxylic acids is 1. The number of amides is 1. The highest BCUT2D eigenvalue weighted by Crippen LogP contribution is 2.30. The zero-order valence-corrected chi connectivity index (χ0v) is 12.1. The summed E-state index contributed by atoms with van der Waals surface area (Å²) in [6, 6.07) is 5.08. The Morgan fingerprint density at radius 3 is 2.76 bits per heavy atom. The molecule has 1 fully saturated rings. The molecule has 0 aliphatic carbocycles. The second-order valence-electron chi connectivity index (χ2n) is 5.64. The van der Waals surface area contributed by atoms with Crippen LogP contribution >= 0.6 is 0 Å². The van der Waals surface area contributed by atoms with Gasteiger partial charge in [0.05, 0.1) is 16.7 Å². The fourth-order valence-corrected chi connectivity index (χ4v) is 2.55. The van der Waals surface area contributed by atoms with Crippen LogP contribution in [0.3, 0.4) is 0 Å². The molecular formula is C15H17N3O3. The van der Waals surface area contributed by atoms with Gasteiger partial charge < -0.3 is 10.0 Å². The SMILES string of the molecule is Cc1nc(C(=O)N2CCCC(C)(C(=O)O)C2)ccc1C#N. The quantitative estimate of drug-likeness (QED) is 0.891. The van der Waals surface area contributed by atoms with Gasteiger partial charge in [-0.15, -0.1) is 0 Å². The van der Waals surface area contributed by atoms with Crippen molar-refractivity contribution in [3.05, 3.63) is 29.1 Å². The van der Waals surface area contributed by atoms with Crippen molar-refractivity contribution in [2.75, 3.05) is 13.1 Å². The van der Waals surface area contributed by atoms with Crippen LogP contribution in [0.15, 0.2) is 12.1 Å². The van der Waals surface area contributed by atoms with Gasteiger partial charge in [0.15, 0.2) is 0 Å². The highest BCUT2D eigenvalue weighted by molar-refractivity contribution is 5.93. The van der Waals surface area contributed by atoms with Crippen molar-refractivity contribution in [1.29, 1.82) is 5.26 Å². The van der Waals surface area contributed by atoms with Crippen molar-refractivity contribution >= 4 is 11.9 Å². The van der Waals surface area contributed by atoms with Crippen LogP contribution in [0.2, 0.25) is 0 Å². The minimum Gasteiger partial charge on any atom is -0.481 e. The number of likely N-dealkylation sites (tertiary alicyclic amines) is 1. The lowest BCUT2D eigenvalue weighted by Crippen LogP contribution is -2.48. The smallest absolute Gasteiger partial charge is 0.311 e. The standard InChI is InChI=1S/C15H17N3O3/c1-10-11(8-16)4-5-12(17-10)13(19)18-7-3-6-15(2,9-18)14(20)21/h4-5H,3,6-7,9H2,1-2H3,(H,20,21). The summed E-state index contributed by atoms with van der Waals surface area (Å²) >= 11 is 0. The monoisotopic (exact) mass is 287 g/mol. The molecule has 1 unspecified atom stereocenters. The summed E-state index contributed by atoms with van der Waals surface area (Å²) in [4.78, 5) is 29.5. The number of aryl methyl sites for hydroxylation is 1. The molecule has 1 aliphatic rings. The zero-order chi connectivity index (χ0) is 15.6. The Labute approximate surface area is 123 Å². The average molecular weight is 287 g/mol. The van der Waals surface area contributed by atoms with E-state index in [-0.39, 0.29) is 18.1 Å². The maximum absolute atomic E-state index is 12.4. The van der Waals surface area contributed by atoms with Crippen molar-refractivity contribution in [2.45, 2.75) is 26.7 Å². The first-order valence-electron chi connectivity index (χ1n) is 6.78. The van der Waals surface area contributed by atoms with Crippen molar-refractivity contribution in [3.8, 4) is 6.07 Å². The average Bonchev–Trinajstić information content (AvgIpc) is 2.46. The highest BCUT2D eigenvalue weighted by atomic mass is 16.4. The molecule has 1 saturated heterocycles. The molecule has 21 heavy (non-hydrogen) atoms. The van der Waals surface area contributed by atoms with Crippen LogP contribution in [-0.2, 0) is 4.79 Å². The van der Waals surface area contributed by atoms with Gasteiger partial charge in [-0.3, -0.25) is 9.59 Å². The summed E-state index contributed by atoms with van der Waals surface area (Å²) in [5.74, 6) is -1.17. The van der Waals surface area contributed by atoms with E-state index in [2.05, 4.69) is 4.98 Å². The lowest BCUT2D eigenvalue weighted by molar-refractivity contribution is -0.150. The molecule has 1 N–H and O–H groups in total. The van der Waals surface area contributed by atoms with Crippen molar-refractivity contribution in [3.63, 3.8) is 0 Å². The van der Waals surface area contributed by atoms with Gasteiger partial charge in [-0.2, -0.15) is 5.26 Å². The molecule has 2 rings (SSSR count). The predicted octanol–water partition coefficient (Wildman–Crippen LogP) is 1.59. The normalized spacial score (nSPS) is 21.7. The molecule has 1 aromatic rings. The summed E-state index contributed by atoms with van der Waals surface area (Å²) in [7, 11) is 0. The summed E-state index contributed by atoms with van der Waals surface area (Å²) < 4.78 is 0. The maximum Gasteiger partial charge on any atom is 0.311 e. The van der Waals surface area contributed by atoms with Gasteiger partial charge in [0.2, 0.25) is 0 Å². The Hall–Kier alpha value is -2.42. The number of aromatic nitrogens is 1. The first kappa shape index (κ1) is 15.0. The predicted molar refractivity (Wildman–Crippen MR) is 74.6 cm³/mol. The number of rotatable bonds is 2. The molecule has 2 heterocycles. The van der Waals surface area contributed by atoms with Crippen molar-refractivity contribution < 1.29 is 14.7 Å². The van der Waals surface area contributed by atoms with E-state index in [1.165, 1.54) is 11.0 Å². The molecule has 110 valence electrons. The molecule has 1 atom stereocenters. The number of nitrogens with zero attached hydrogens (tertiary/aromatic N) is 3. The fourth-order valence-electron chi connectivity index (χ4n) is 2.55.